The van der Waals surface area contributed by atoms with Crippen molar-refractivity contribution in [3.05, 3.63) is 23.4 Å². The Morgan fingerprint density at radius 1 is 1.33 bits per heavy atom. The van der Waals surface area contributed by atoms with Gasteiger partial charge < -0.3 is 10.6 Å². The van der Waals surface area contributed by atoms with Gasteiger partial charge in [-0.25, -0.2) is 4.98 Å². The number of likely N-dealkylation sites (tertiary alicyclic amines) is 1. The number of carbonyl (C=O) groups excluding carboxylic acids is 1. The molecule has 0 aromatic carbocycles. The van der Waals surface area contributed by atoms with Gasteiger partial charge in [0.1, 0.15) is 5.82 Å². The Balaban J connectivity index is 2.15. The van der Waals surface area contributed by atoms with Crippen LogP contribution < -0.4 is 5.73 Å². The zero-order valence-electron chi connectivity index (χ0n) is 13.5. The average Bonchev–Trinajstić information content (AvgIpc) is 2.58. The minimum absolute atomic E-state index is 0.0964. The molecule has 1 amide bonds. The molecule has 2 heterocycles. The zero-order chi connectivity index (χ0) is 15.5. The van der Waals surface area contributed by atoms with Gasteiger partial charge in [0.15, 0.2) is 0 Å². The van der Waals surface area contributed by atoms with E-state index in [1.165, 1.54) is 6.42 Å². The Labute approximate surface area is 127 Å². The lowest BCUT2D eigenvalue weighted by Gasteiger charge is -2.23. The smallest absolute Gasteiger partial charge is 0.254 e. The summed E-state index contributed by atoms with van der Waals surface area (Å²) in [6.07, 6.45) is 5.17. The van der Waals surface area contributed by atoms with Crippen molar-refractivity contribution in [2.24, 2.45) is 5.41 Å². The van der Waals surface area contributed by atoms with Crippen LogP contribution >= 0.6 is 0 Å². The Morgan fingerprint density at radius 3 is 2.81 bits per heavy atom. The molecule has 0 unspecified atom stereocenters. The van der Waals surface area contributed by atoms with Crippen molar-refractivity contribution in [1.29, 1.82) is 0 Å². The van der Waals surface area contributed by atoms with E-state index in [0.717, 1.165) is 44.5 Å². The molecule has 0 radical (unpaired) electrons. The van der Waals surface area contributed by atoms with Crippen LogP contribution in [0.5, 0.6) is 0 Å². The number of aromatic nitrogens is 1. The van der Waals surface area contributed by atoms with Crippen molar-refractivity contribution in [3.63, 3.8) is 0 Å². The van der Waals surface area contributed by atoms with Crippen LogP contribution in [-0.2, 0) is 6.42 Å². The fourth-order valence-electron chi connectivity index (χ4n) is 2.93. The van der Waals surface area contributed by atoms with Crippen LogP contribution in [0, 0.1) is 5.41 Å². The number of carbonyl (C=O) groups is 1. The van der Waals surface area contributed by atoms with Gasteiger partial charge in [0.25, 0.3) is 5.91 Å². The lowest BCUT2D eigenvalue weighted by molar-refractivity contribution is 0.0757. The van der Waals surface area contributed by atoms with Crippen molar-refractivity contribution in [3.8, 4) is 0 Å². The van der Waals surface area contributed by atoms with Crippen LogP contribution in [0.1, 0.15) is 62.5 Å². The summed E-state index contributed by atoms with van der Waals surface area (Å²) in [5.74, 6) is 0.540. The van der Waals surface area contributed by atoms with Gasteiger partial charge in [-0.05, 0) is 43.2 Å². The highest BCUT2D eigenvalue weighted by atomic mass is 16.2. The predicted molar refractivity (Wildman–Crippen MR) is 86.2 cm³/mol. The molecule has 0 aliphatic carbocycles. The Hall–Kier alpha value is -1.58. The van der Waals surface area contributed by atoms with Crippen molar-refractivity contribution in [2.45, 2.75) is 52.9 Å². The predicted octanol–water partition coefficient (Wildman–Crippen LogP) is 3.27. The lowest BCUT2D eigenvalue weighted by Crippen LogP contribution is -2.32. The van der Waals surface area contributed by atoms with E-state index in [1.807, 2.05) is 11.0 Å². The van der Waals surface area contributed by atoms with E-state index in [0.29, 0.717) is 16.8 Å². The van der Waals surface area contributed by atoms with Crippen LogP contribution in [0.3, 0.4) is 0 Å². The lowest BCUT2D eigenvalue weighted by atomic mass is 9.85. The maximum atomic E-state index is 12.7. The number of hydrogen-bond donors (Lipinski definition) is 1. The molecule has 0 saturated carbocycles. The van der Waals surface area contributed by atoms with E-state index >= 15 is 0 Å². The second-order valence-corrected chi connectivity index (χ2v) is 6.83. The highest BCUT2D eigenvalue weighted by Crippen LogP contribution is 2.30. The molecule has 2 rings (SSSR count). The molecular weight excluding hydrogens is 262 g/mol. The molecule has 1 aliphatic rings. The molecule has 116 valence electrons. The maximum absolute atomic E-state index is 12.7. The third-order valence-corrected chi connectivity index (χ3v) is 4.28. The normalized spacial score (nSPS) is 18.3. The van der Waals surface area contributed by atoms with Gasteiger partial charge >= 0.3 is 0 Å². The molecule has 1 aliphatic heterocycles. The first-order chi connectivity index (χ1) is 9.91. The topological polar surface area (TPSA) is 59.2 Å². The summed E-state index contributed by atoms with van der Waals surface area (Å²) < 4.78 is 0. The number of amides is 1. The first-order valence-electron chi connectivity index (χ1n) is 7.97. The third kappa shape index (κ3) is 4.19. The summed E-state index contributed by atoms with van der Waals surface area (Å²) in [4.78, 5) is 19.0. The number of nitrogens with two attached hydrogens (primary N) is 1. The molecular formula is C17H27N3O. The van der Waals surface area contributed by atoms with E-state index in [1.54, 1.807) is 6.07 Å². The van der Waals surface area contributed by atoms with E-state index < -0.39 is 0 Å². The number of pyridine rings is 1. The quantitative estimate of drug-likeness (QED) is 0.929. The summed E-state index contributed by atoms with van der Waals surface area (Å²) >= 11 is 0. The minimum Gasteiger partial charge on any atom is -0.384 e. The molecule has 1 aromatic heterocycles. The Bertz CT molecular complexity index is 511. The van der Waals surface area contributed by atoms with Gasteiger partial charge in [-0.2, -0.15) is 0 Å². The Kier molecular flexibility index (Phi) is 4.86. The molecule has 4 heteroatoms. The van der Waals surface area contributed by atoms with Gasteiger partial charge in [0, 0.05) is 24.3 Å². The highest BCUT2D eigenvalue weighted by Gasteiger charge is 2.26. The molecule has 21 heavy (non-hydrogen) atoms. The second-order valence-electron chi connectivity index (χ2n) is 6.83. The minimum atomic E-state index is 0.0964. The monoisotopic (exact) mass is 289 g/mol. The largest absolute Gasteiger partial charge is 0.384 e. The van der Waals surface area contributed by atoms with Gasteiger partial charge in [-0.1, -0.05) is 27.2 Å². The van der Waals surface area contributed by atoms with Crippen LogP contribution in [-0.4, -0.2) is 28.9 Å². The van der Waals surface area contributed by atoms with Crippen LogP contribution in [0.15, 0.2) is 12.1 Å². The number of anilines is 1. The van der Waals surface area contributed by atoms with Crippen LogP contribution in [0.2, 0.25) is 0 Å². The Morgan fingerprint density at radius 2 is 2.10 bits per heavy atom. The summed E-state index contributed by atoms with van der Waals surface area (Å²) in [6, 6.07) is 3.61. The molecule has 4 nitrogen and oxygen atoms in total. The van der Waals surface area contributed by atoms with Gasteiger partial charge in [-0.15, -0.1) is 0 Å². The first-order valence-corrected chi connectivity index (χ1v) is 7.97. The summed E-state index contributed by atoms with van der Waals surface area (Å²) in [5.41, 5.74) is 7.78. The van der Waals surface area contributed by atoms with Gasteiger partial charge in [0.05, 0.1) is 0 Å². The molecule has 1 fully saturated rings. The average molecular weight is 289 g/mol. The number of hydrogen-bond acceptors (Lipinski definition) is 3. The van der Waals surface area contributed by atoms with Crippen molar-refractivity contribution in [1.82, 2.24) is 9.88 Å². The van der Waals surface area contributed by atoms with Gasteiger partial charge in [-0.3, -0.25) is 4.79 Å². The molecule has 0 spiro atoms. The number of nitrogen functional groups attached to an aromatic ring is 1. The number of nitrogens with zero attached hydrogens (tertiary/aromatic N) is 2. The fourth-order valence-corrected chi connectivity index (χ4v) is 2.93. The zero-order valence-corrected chi connectivity index (χ0v) is 13.5. The first kappa shape index (κ1) is 15.8. The van der Waals surface area contributed by atoms with Crippen molar-refractivity contribution < 1.29 is 4.79 Å². The summed E-state index contributed by atoms with van der Waals surface area (Å²) in [7, 11) is 0. The molecule has 0 bridgehead atoms. The van der Waals surface area contributed by atoms with Crippen molar-refractivity contribution in [2.75, 3.05) is 18.8 Å². The molecule has 0 atom stereocenters. The maximum Gasteiger partial charge on any atom is 0.254 e. The molecule has 1 saturated heterocycles. The second kappa shape index (κ2) is 6.46. The van der Waals surface area contributed by atoms with Crippen molar-refractivity contribution >= 4 is 11.7 Å². The SMILES string of the molecule is CCCc1cc(C(=O)N2CCCC(C)(C)CC2)cc(N)n1. The van der Waals surface area contributed by atoms with Gasteiger partial charge in [0.2, 0.25) is 0 Å². The van der Waals surface area contributed by atoms with E-state index in [9.17, 15) is 4.79 Å². The summed E-state index contributed by atoms with van der Waals surface area (Å²) in [6.45, 7) is 8.34. The third-order valence-electron chi connectivity index (χ3n) is 4.28. The van der Waals surface area contributed by atoms with E-state index in [4.69, 9.17) is 5.73 Å². The summed E-state index contributed by atoms with van der Waals surface area (Å²) in [5, 5.41) is 0. The fraction of sp³-hybridized carbons (Fsp3) is 0.647. The van der Waals surface area contributed by atoms with Crippen LogP contribution in [0.25, 0.3) is 0 Å². The van der Waals surface area contributed by atoms with E-state index in [-0.39, 0.29) is 5.91 Å². The van der Waals surface area contributed by atoms with Crippen LogP contribution in [0.4, 0.5) is 5.82 Å². The standard InChI is InChI=1S/C17H27N3O/c1-4-6-14-11-13(12-15(18)19-14)16(21)20-9-5-7-17(2,3)8-10-20/h11-12H,4-10H2,1-3H3,(H2,18,19). The molecule has 1 aromatic rings. The number of aryl methyl sites for hydroxylation is 1. The highest BCUT2D eigenvalue weighted by molar-refractivity contribution is 5.95. The molecule has 2 N–H and O–H groups in total. The van der Waals surface area contributed by atoms with E-state index in [2.05, 4.69) is 25.8 Å². The number of rotatable bonds is 3.